The first-order valence-corrected chi connectivity index (χ1v) is 7.71. The van der Waals surface area contributed by atoms with Gasteiger partial charge in [0.25, 0.3) is 0 Å². The molecule has 2 atom stereocenters. The minimum Gasteiger partial charge on any atom is -0.323 e. The molecular formula is C15H28N2O. The van der Waals surface area contributed by atoms with Crippen molar-refractivity contribution < 1.29 is 4.79 Å². The number of unbranched alkanes of at least 4 members (excludes halogenated alkanes) is 2. The minimum atomic E-state index is -0.196. The van der Waals surface area contributed by atoms with Gasteiger partial charge in [0.1, 0.15) is 0 Å². The number of nitrogens with zero attached hydrogens (tertiary/aromatic N) is 1. The Kier molecular flexibility index (Phi) is 4.31. The van der Waals surface area contributed by atoms with Crippen LogP contribution in [0.25, 0.3) is 0 Å². The summed E-state index contributed by atoms with van der Waals surface area (Å²) in [6, 6.07) is 0.381. The van der Waals surface area contributed by atoms with Gasteiger partial charge in [-0.2, -0.15) is 0 Å². The van der Waals surface area contributed by atoms with Gasteiger partial charge in [-0.25, -0.2) is 0 Å². The highest BCUT2D eigenvalue weighted by Gasteiger charge is 2.51. The zero-order valence-corrected chi connectivity index (χ0v) is 12.2. The first kappa shape index (κ1) is 13.9. The van der Waals surface area contributed by atoms with Gasteiger partial charge in [0.2, 0.25) is 5.91 Å². The van der Waals surface area contributed by atoms with Crippen molar-refractivity contribution in [1.82, 2.24) is 10.2 Å². The summed E-state index contributed by atoms with van der Waals surface area (Å²) >= 11 is 0. The van der Waals surface area contributed by atoms with Crippen molar-refractivity contribution in [2.75, 3.05) is 0 Å². The third-order valence-electron chi connectivity index (χ3n) is 4.70. The van der Waals surface area contributed by atoms with Crippen molar-refractivity contribution in [3.63, 3.8) is 0 Å². The van der Waals surface area contributed by atoms with E-state index in [0.29, 0.717) is 11.9 Å². The molecule has 1 spiro atoms. The second-order valence-corrected chi connectivity index (χ2v) is 6.17. The van der Waals surface area contributed by atoms with Crippen molar-refractivity contribution in [3.8, 4) is 0 Å². The molecule has 104 valence electrons. The molecule has 1 saturated heterocycles. The summed E-state index contributed by atoms with van der Waals surface area (Å²) in [5.41, 5.74) is -0.196. The lowest BCUT2D eigenvalue weighted by molar-refractivity contribution is -0.135. The van der Waals surface area contributed by atoms with Crippen molar-refractivity contribution >= 4 is 5.91 Å². The smallest absolute Gasteiger partial charge is 0.244 e. The Bertz CT molecular complexity index is 297. The molecular weight excluding hydrogens is 224 g/mol. The highest BCUT2D eigenvalue weighted by atomic mass is 16.2. The van der Waals surface area contributed by atoms with Crippen molar-refractivity contribution in [2.24, 2.45) is 0 Å². The average molecular weight is 252 g/mol. The average Bonchev–Trinajstić information content (AvgIpc) is 2.87. The predicted octanol–water partition coefficient (Wildman–Crippen LogP) is 3.05. The summed E-state index contributed by atoms with van der Waals surface area (Å²) < 4.78 is 0. The lowest BCUT2D eigenvalue weighted by Crippen LogP contribution is -2.45. The van der Waals surface area contributed by atoms with Crippen LogP contribution < -0.4 is 5.32 Å². The molecule has 18 heavy (non-hydrogen) atoms. The Morgan fingerprint density at radius 1 is 1.39 bits per heavy atom. The second kappa shape index (κ2) is 5.60. The molecule has 2 aliphatic rings. The fraction of sp³-hybridized carbons (Fsp3) is 0.933. The largest absolute Gasteiger partial charge is 0.323 e. The highest BCUT2D eigenvalue weighted by Crippen LogP contribution is 2.37. The van der Waals surface area contributed by atoms with Gasteiger partial charge in [-0.1, -0.05) is 39.0 Å². The summed E-state index contributed by atoms with van der Waals surface area (Å²) in [6.07, 6.45) is 9.59. The van der Waals surface area contributed by atoms with Gasteiger partial charge in [-0.05, 0) is 33.1 Å². The fourth-order valence-electron chi connectivity index (χ4n) is 3.70. The van der Waals surface area contributed by atoms with E-state index < -0.39 is 0 Å². The Balaban J connectivity index is 1.98. The van der Waals surface area contributed by atoms with E-state index in [4.69, 9.17) is 0 Å². The molecule has 1 aliphatic heterocycles. The van der Waals surface area contributed by atoms with Crippen LogP contribution in [0.1, 0.15) is 72.1 Å². The number of nitrogens with one attached hydrogen (secondary N) is 1. The van der Waals surface area contributed by atoms with Gasteiger partial charge in [0, 0.05) is 6.04 Å². The Morgan fingerprint density at radius 2 is 2.06 bits per heavy atom. The van der Waals surface area contributed by atoms with Gasteiger partial charge in [-0.3, -0.25) is 10.1 Å². The normalized spacial score (nSPS) is 28.3. The van der Waals surface area contributed by atoms with E-state index in [2.05, 4.69) is 31.0 Å². The molecule has 0 aromatic heterocycles. The number of hydrogen-bond donors (Lipinski definition) is 1. The van der Waals surface area contributed by atoms with Gasteiger partial charge in [0.15, 0.2) is 0 Å². The van der Waals surface area contributed by atoms with Crippen LogP contribution >= 0.6 is 0 Å². The summed E-state index contributed by atoms with van der Waals surface area (Å²) in [6.45, 7) is 6.57. The van der Waals surface area contributed by atoms with E-state index in [9.17, 15) is 4.79 Å². The van der Waals surface area contributed by atoms with E-state index in [0.717, 1.165) is 19.3 Å². The van der Waals surface area contributed by atoms with E-state index in [1.54, 1.807) is 0 Å². The van der Waals surface area contributed by atoms with Crippen LogP contribution in [-0.2, 0) is 4.79 Å². The molecule has 1 saturated carbocycles. The molecule has 0 aromatic carbocycles. The third kappa shape index (κ3) is 2.42. The maximum atomic E-state index is 12.7. The molecule has 3 heteroatoms. The topological polar surface area (TPSA) is 32.3 Å². The third-order valence-corrected chi connectivity index (χ3v) is 4.70. The van der Waals surface area contributed by atoms with Crippen LogP contribution in [-0.4, -0.2) is 28.6 Å². The molecule has 0 bridgehead atoms. The second-order valence-electron chi connectivity index (χ2n) is 6.17. The number of carbonyl (C=O) groups excluding carboxylic acids is 1. The van der Waals surface area contributed by atoms with Crippen molar-refractivity contribution in [1.29, 1.82) is 0 Å². The molecule has 1 N–H and O–H groups in total. The number of hydrogen-bond acceptors (Lipinski definition) is 2. The first-order valence-electron chi connectivity index (χ1n) is 7.71. The summed E-state index contributed by atoms with van der Waals surface area (Å²) in [5, 5.41) is 3.58. The van der Waals surface area contributed by atoms with Crippen molar-refractivity contribution in [3.05, 3.63) is 0 Å². The van der Waals surface area contributed by atoms with Gasteiger partial charge in [-0.15, -0.1) is 0 Å². The van der Waals surface area contributed by atoms with Gasteiger partial charge >= 0.3 is 0 Å². The Labute approximate surface area is 111 Å². The monoisotopic (exact) mass is 252 g/mol. The summed E-state index contributed by atoms with van der Waals surface area (Å²) in [7, 11) is 0. The maximum absolute atomic E-state index is 12.7. The van der Waals surface area contributed by atoms with E-state index in [1.165, 1.54) is 32.1 Å². The number of rotatable bonds is 5. The molecule has 2 rings (SSSR count). The van der Waals surface area contributed by atoms with Gasteiger partial charge in [0.05, 0.1) is 11.7 Å². The highest BCUT2D eigenvalue weighted by molar-refractivity contribution is 5.89. The molecule has 0 radical (unpaired) electrons. The quantitative estimate of drug-likeness (QED) is 0.763. The van der Waals surface area contributed by atoms with Gasteiger partial charge < -0.3 is 4.90 Å². The number of amides is 1. The van der Waals surface area contributed by atoms with Crippen molar-refractivity contribution in [2.45, 2.75) is 89.9 Å². The molecule has 1 aliphatic carbocycles. The fourth-order valence-corrected chi connectivity index (χ4v) is 3.70. The lowest BCUT2D eigenvalue weighted by atomic mass is 9.97. The number of carbonyl (C=O) groups is 1. The molecule has 2 unspecified atom stereocenters. The van der Waals surface area contributed by atoms with Crippen LogP contribution in [0.3, 0.4) is 0 Å². The Hall–Kier alpha value is -0.570. The zero-order valence-electron chi connectivity index (χ0n) is 12.2. The Morgan fingerprint density at radius 3 is 2.67 bits per heavy atom. The van der Waals surface area contributed by atoms with Crippen LogP contribution in [0, 0.1) is 0 Å². The zero-order chi connectivity index (χ0) is 13.2. The summed E-state index contributed by atoms with van der Waals surface area (Å²) in [5.74, 6) is 0.372. The molecule has 2 fully saturated rings. The molecule has 3 nitrogen and oxygen atoms in total. The van der Waals surface area contributed by atoms with E-state index in [1.807, 2.05) is 0 Å². The lowest BCUT2D eigenvalue weighted by Gasteiger charge is -2.29. The summed E-state index contributed by atoms with van der Waals surface area (Å²) in [4.78, 5) is 14.8. The van der Waals surface area contributed by atoms with E-state index >= 15 is 0 Å². The predicted molar refractivity (Wildman–Crippen MR) is 74.2 cm³/mol. The molecule has 0 aromatic rings. The molecule has 1 amide bonds. The van der Waals surface area contributed by atoms with Crippen LogP contribution in [0.2, 0.25) is 0 Å². The van der Waals surface area contributed by atoms with Crippen LogP contribution in [0.5, 0.6) is 0 Å². The first-order chi connectivity index (χ1) is 8.60. The minimum absolute atomic E-state index is 0.196. The maximum Gasteiger partial charge on any atom is 0.244 e. The standard InChI is InChI=1S/C15H28N2O/c1-4-5-6-9-12(2)17-13(3)16-15(14(17)18)10-7-8-11-15/h12-13,16H,4-11H2,1-3H3. The van der Waals surface area contributed by atoms with E-state index in [-0.39, 0.29) is 11.7 Å². The SMILES string of the molecule is CCCCCC(C)N1C(=O)C2(CCCC2)NC1C. The van der Waals surface area contributed by atoms with Crippen LogP contribution in [0.15, 0.2) is 0 Å². The van der Waals surface area contributed by atoms with Crippen LogP contribution in [0.4, 0.5) is 0 Å². The molecule has 1 heterocycles.